The van der Waals surface area contributed by atoms with Gasteiger partial charge in [0.25, 0.3) is 0 Å². The van der Waals surface area contributed by atoms with E-state index in [2.05, 4.69) is 25.9 Å². The summed E-state index contributed by atoms with van der Waals surface area (Å²) in [6.45, 7) is 0. The first-order valence-corrected chi connectivity index (χ1v) is 7.03. The third-order valence-electron chi connectivity index (χ3n) is 2.94. The number of nitrogen functional groups attached to an aromatic ring is 1. The van der Waals surface area contributed by atoms with Crippen molar-refractivity contribution < 1.29 is 0 Å². The number of pyridine rings is 1. The molecule has 2 N–H and O–H groups in total. The Bertz CT molecular complexity index is 769. The Kier molecular flexibility index (Phi) is 3.46. The summed E-state index contributed by atoms with van der Waals surface area (Å²) in [5.74, 6) is 0.465. The molecule has 0 amide bonds. The van der Waals surface area contributed by atoms with Gasteiger partial charge < -0.3 is 5.73 Å². The minimum absolute atomic E-state index is 0.465. The third kappa shape index (κ3) is 2.19. The van der Waals surface area contributed by atoms with Crippen molar-refractivity contribution in [1.82, 2.24) is 14.5 Å². The first kappa shape index (κ1) is 13.1. The summed E-state index contributed by atoms with van der Waals surface area (Å²) in [4.78, 5) is 8.31. The second kappa shape index (κ2) is 5.26. The molecular weight excluding hydrogens is 340 g/mol. The van der Waals surface area contributed by atoms with Crippen molar-refractivity contribution in [3.8, 4) is 16.9 Å². The molecule has 0 fully saturated rings. The minimum atomic E-state index is 0.465. The third-order valence-corrected chi connectivity index (χ3v) is 4.32. The van der Waals surface area contributed by atoms with Crippen molar-refractivity contribution in [2.24, 2.45) is 0 Å². The van der Waals surface area contributed by atoms with Crippen molar-refractivity contribution in [2.75, 3.05) is 5.73 Å². The standard InChI is InChI=1S/C14H10BrClN4/c15-13-10(16)4-1-5-11(13)20-8-18-7-12(20)9-3-2-6-19-14(9)17/h1-8H,(H2,17,19). The number of imidazole rings is 1. The smallest absolute Gasteiger partial charge is 0.132 e. The lowest BCUT2D eigenvalue weighted by Gasteiger charge is -2.12. The van der Waals surface area contributed by atoms with Gasteiger partial charge in [-0.25, -0.2) is 9.97 Å². The maximum atomic E-state index is 6.14. The highest BCUT2D eigenvalue weighted by Crippen LogP contribution is 2.33. The zero-order valence-electron chi connectivity index (χ0n) is 10.3. The van der Waals surface area contributed by atoms with Crippen LogP contribution < -0.4 is 5.73 Å². The van der Waals surface area contributed by atoms with Crippen LogP contribution in [0.2, 0.25) is 5.02 Å². The summed E-state index contributed by atoms with van der Waals surface area (Å²) in [7, 11) is 0. The molecule has 1 aromatic carbocycles. The fraction of sp³-hybridized carbons (Fsp3) is 0. The van der Waals surface area contributed by atoms with Gasteiger partial charge in [0.2, 0.25) is 0 Å². The lowest BCUT2D eigenvalue weighted by atomic mass is 10.2. The summed E-state index contributed by atoms with van der Waals surface area (Å²) in [6.07, 6.45) is 5.13. The van der Waals surface area contributed by atoms with E-state index in [9.17, 15) is 0 Å². The molecule has 0 atom stereocenters. The Morgan fingerprint density at radius 3 is 2.85 bits per heavy atom. The molecule has 3 aromatic rings. The minimum Gasteiger partial charge on any atom is -0.383 e. The highest BCUT2D eigenvalue weighted by atomic mass is 79.9. The molecule has 0 aliphatic carbocycles. The van der Waals surface area contributed by atoms with Crippen LogP contribution in [0.15, 0.2) is 53.5 Å². The van der Waals surface area contributed by atoms with E-state index >= 15 is 0 Å². The maximum absolute atomic E-state index is 6.14. The number of rotatable bonds is 2. The van der Waals surface area contributed by atoms with Gasteiger partial charge in [0.1, 0.15) is 5.82 Å². The number of aromatic nitrogens is 3. The van der Waals surface area contributed by atoms with E-state index in [-0.39, 0.29) is 0 Å². The van der Waals surface area contributed by atoms with Gasteiger partial charge in [0, 0.05) is 11.8 Å². The van der Waals surface area contributed by atoms with Crippen LogP contribution in [0, 0.1) is 0 Å². The predicted octanol–water partition coefficient (Wildman–Crippen LogP) is 3.93. The normalized spacial score (nSPS) is 10.7. The van der Waals surface area contributed by atoms with Crippen molar-refractivity contribution >= 4 is 33.3 Å². The van der Waals surface area contributed by atoms with E-state index in [1.807, 2.05) is 34.9 Å². The Morgan fingerprint density at radius 1 is 1.20 bits per heavy atom. The van der Waals surface area contributed by atoms with Gasteiger partial charge in [-0.05, 0) is 40.2 Å². The summed E-state index contributed by atoms with van der Waals surface area (Å²) in [5.41, 5.74) is 8.52. The molecule has 0 aliphatic rings. The summed E-state index contributed by atoms with van der Waals surface area (Å²) in [5, 5.41) is 0.640. The number of hydrogen-bond donors (Lipinski definition) is 1. The molecule has 0 aliphatic heterocycles. The van der Waals surface area contributed by atoms with Crippen LogP contribution in [-0.2, 0) is 0 Å². The molecule has 3 rings (SSSR count). The molecule has 0 spiro atoms. The molecule has 20 heavy (non-hydrogen) atoms. The van der Waals surface area contributed by atoms with Gasteiger partial charge in [-0.15, -0.1) is 0 Å². The highest BCUT2D eigenvalue weighted by Gasteiger charge is 2.13. The Hall–Kier alpha value is -1.85. The molecule has 0 radical (unpaired) electrons. The van der Waals surface area contributed by atoms with Crippen molar-refractivity contribution in [3.63, 3.8) is 0 Å². The van der Waals surface area contributed by atoms with E-state index in [4.69, 9.17) is 17.3 Å². The lowest BCUT2D eigenvalue weighted by molar-refractivity contribution is 1.05. The molecule has 0 unspecified atom stereocenters. The average Bonchev–Trinajstić information content (AvgIpc) is 2.91. The molecule has 0 saturated heterocycles. The SMILES string of the molecule is Nc1ncccc1-c1cncn1-c1cccc(Cl)c1Br. The molecule has 2 heterocycles. The van der Waals surface area contributed by atoms with Gasteiger partial charge >= 0.3 is 0 Å². The van der Waals surface area contributed by atoms with Gasteiger partial charge in [-0.3, -0.25) is 4.57 Å². The van der Waals surface area contributed by atoms with Gasteiger partial charge in [0.05, 0.1) is 33.4 Å². The van der Waals surface area contributed by atoms with Gasteiger partial charge in [-0.1, -0.05) is 17.7 Å². The topological polar surface area (TPSA) is 56.7 Å². The van der Waals surface area contributed by atoms with Crippen LogP contribution in [0.4, 0.5) is 5.82 Å². The van der Waals surface area contributed by atoms with Crippen molar-refractivity contribution in [1.29, 1.82) is 0 Å². The number of benzene rings is 1. The van der Waals surface area contributed by atoms with Crippen LogP contribution in [0.25, 0.3) is 16.9 Å². The Labute approximate surface area is 129 Å². The first-order valence-electron chi connectivity index (χ1n) is 5.86. The van der Waals surface area contributed by atoms with E-state index in [0.717, 1.165) is 21.4 Å². The van der Waals surface area contributed by atoms with E-state index in [0.29, 0.717) is 10.8 Å². The number of halogens is 2. The van der Waals surface area contributed by atoms with Gasteiger partial charge in [0.15, 0.2) is 0 Å². The summed E-state index contributed by atoms with van der Waals surface area (Å²) < 4.78 is 2.73. The number of hydrogen-bond acceptors (Lipinski definition) is 3. The molecule has 0 saturated carbocycles. The predicted molar refractivity (Wildman–Crippen MR) is 83.9 cm³/mol. The van der Waals surface area contributed by atoms with Crippen molar-refractivity contribution in [2.45, 2.75) is 0 Å². The second-order valence-corrected chi connectivity index (χ2v) is 5.36. The van der Waals surface area contributed by atoms with Gasteiger partial charge in [-0.2, -0.15) is 0 Å². The molecule has 100 valence electrons. The fourth-order valence-electron chi connectivity index (χ4n) is 2.00. The van der Waals surface area contributed by atoms with E-state index in [1.165, 1.54) is 0 Å². The van der Waals surface area contributed by atoms with Crippen LogP contribution in [0.3, 0.4) is 0 Å². The van der Waals surface area contributed by atoms with Crippen LogP contribution in [0.5, 0.6) is 0 Å². The zero-order chi connectivity index (χ0) is 14.1. The lowest BCUT2D eigenvalue weighted by Crippen LogP contribution is -2.00. The average molecular weight is 350 g/mol. The van der Waals surface area contributed by atoms with Crippen LogP contribution in [0.1, 0.15) is 0 Å². The van der Waals surface area contributed by atoms with Crippen LogP contribution >= 0.6 is 27.5 Å². The van der Waals surface area contributed by atoms with E-state index in [1.54, 1.807) is 18.7 Å². The van der Waals surface area contributed by atoms with Crippen molar-refractivity contribution in [3.05, 3.63) is 58.5 Å². The Morgan fingerprint density at radius 2 is 2.05 bits per heavy atom. The largest absolute Gasteiger partial charge is 0.383 e. The van der Waals surface area contributed by atoms with E-state index < -0.39 is 0 Å². The molecular formula is C14H10BrClN4. The first-order chi connectivity index (χ1) is 9.68. The number of anilines is 1. The second-order valence-electron chi connectivity index (χ2n) is 4.16. The number of nitrogens with zero attached hydrogens (tertiary/aromatic N) is 3. The summed E-state index contributed by atoms with van der Waals surface area (Å²) >= 11 is 9.64. The molecule has 4 nitrogen and oxygen atoms in total. The quantitative estimate of drug-likeness (QED) is 0.762. The maximum Gasteiger partial charge on any atom is 0.132 e. The summed E-state index contributed by atoms with van der Waals surface area (Å²) in [6, 6.07) is 9.42. The molecule has 0 bridgehead atoms. The molecule has 6 heteroatoms. The fourth-order valence-corrected chi connectivity index (χ4v) is 2.62. The highest BCUT2D eigenvalue weighted by molar-refractivity contribution is 9.10. The Balaban J connectivity index is 2.21. The monoisotopic (exact) mass is 348 g/mol. The molecule has 2 aromatic heterocycles. The van der Waals surface area contributed by atoms with Crippen LogP contribution in [-0.4, -0.2) is 14.5 Å². The zero-order valence-corrected chi connectivity index (χ0v) is 12.6. The number of nitrogens with two attached hydrogens (primary N) is 1.